The van der Waals surface area contributed by atoms with Gasteiger partial charge in [-0.15, -0.1) is 0 Å². The summed E-state index contributed by atoms with van der Waals surface area (Å²) in [6.45, 7) is 9.55. The average Bonchev–Trinajstić information content (AvgIpc) is 3.98. The summed E-state index contributed by atoms with van der Waals surface area (Å²) in [7, 11) is 0. The molecule has 0 atom stereocenters. The highest BCUT2D eigenvalue weighted by Gasteiger charge is 2.38. The molecule has 1 aromatic heterocycles. The number of hydrogen-bond donors (Lipinski definition) is 0. The third kappa shape index (κ3) is 6.65. The predicted molar refractivity (Wildman–Crippen MR) is 308 cm³/mol. The van der Waals surface area contributed by atoms with Crippen molar-refractivity contribution >= 4 is 66.7 Å². The lowest BCUT2D eigenvalue weighted by molar-refractivity contribution is 0.660. The third-order valence-corrected chi connectivity index (χ3v) is 16.2. The number of para-hydroxylation sites is 3. The third-order valence-electron chi connectivity index (χ3n) is 16.2. The van der Waals surface area contributed by atoms with Gasteiger partial charge >= 0.3 is 0 Å². The van der Waals surface area contributed by atoms with Crippen molar-refractivity contribution in [3.63, 3.8) is 0 Å². The second-order valence-electron chi connectivity index (χ2n) is 21.0. The van der Waals surface area contributed by atoms with Gasteiger partial charge in [0.15, 0.2) is 0 Å². The maximum atomic E-state index is 2.47. The SMILES string of the molecule is CC1(C)c2ccccc2-c2ccc(N(c3ccc(N(c4ccccc4)c4cccc5ccccc45)cc3)c3ccc4c(c3)C(C)(C)c3cc(-c5ccc6c(c5)c5ccccc5n6-c5ccccc5)ccc3-4)cc21. The fraction of sp³-hybridized carbons (Fsp3) is 0.0857. The van der Waals surface area contributed by atoms with Gasteiger partial charge in [0.25, 0.3) is 0 Å². The molecule has 0 bridgehead atoms. The zero-order valence-corrected chi connectivity index (χ0v) is 41.5. The number of benzene rings is 11. The molecule has 0 saturated heterocycles. The van der Waals surface area contributed by atoms with E-state index in [9.17, 15) is 0 Å². The fourth-order valence-electron chi connectivity index (χ4n) is 12.5. The predicted octanol–water partition coefficient (Wildman–Crippen LogP) is 19.2. The van der Waals surface area contributed by atoms with Crippen molar-refractivity contribution in [1.29, 1.82) is 0 Å². The van der Waals surface area contributed by atoms with Crippen LogP contribution < -0.4 is 9.80 Å². The number of nitrogens with zero attached hydrogens (tertiary/aromatic N) is 3. The van der Waals surface area contributed by atoms with Crippen LogP contribution in [0.4, 0.5) is 34.1 Å². The molecular weight excluding hydrogens is 883 g/mol. The normalized spacial score (nSPS) is 13.7. The van der Waals surface area contributed by atoms with Crippen LogP contribution in [0.3, 0.4) is 0 Å². The van der Waals surface area contributed by atoms with Gasteiger partial charge in [-0.2, -0.15) is 0 Å². The first kappa shape index (κ1) is 42.9. The Morgan fingerprint density at radius 1 is 0.301 bits per heavy atom. The number of anilines is 6. The Labute approximate surface area is 427 Å². The molecule has 0 spiro atoms. The van der Waals surface area contributed by atoms with Gasteiger partial charge in [-0.1, -0.05) is 173 Å². The van der Waals surface area contributed by atoms with E-state index in [-0.39, 0.29) is 10.8 Å². The average molecular weight is 936 g/mol. The van der Waals surface area contributed by atoms with E-state index >= 15 is 0 Å². The lowest BCUT2D eigenvalue weighted by atomic mass is 9.81. The van der Waals surface area contributed by atoms with Gasteiger partial charge in [-0.05, 0) is 164 Å². The van der Waals surface area contributed by atoms with Crippen LogP contribution >= 0.6 is 0 Å². The zero-order valence-electron chi connectivity index (χ0n) is 41.5. The Balaban J connectivity index is 0.879. The van der Waals surface area contributed by atoms with E-state index in [2.05, 4.69) is 291 Å². The van der Waals surface area contributed by atoms with Crippen molar-refractivity contribution in [2.75, 3.05) is 9.80 Å². The molecule has 0 N–H and O–H groups in total. The van der Waals surface area contributed by atoms with Crippen LogP contribution in [-0.4, -0.2) is 4.57 Å². The Hall–Kier alpha value is -8.92. The van der Waals surface area contributed by atoms with Crippen LogP contribution in [-0.2, 0) is 10.8 Å². The molecule has 3 nitrogen and oxygen atoms in total. The van der Waals surface area contributed by atoms with Crippen LogP contribution in [0.15, 0.2) is 249 Å². The summed E-state index contributed by atoms with van der Waals surface area (Å²) in [6, 6.07) is 92.0. The van der Waals surface area contributed by atoms with Crippen LogP contribution in [0.2, 0.25) is 0 Å². The summed E-state index contributed by atoms with van der Waals surface area (Å²) in [5.41, 5.74) is 23.1. The van der Waals surface area contributed by atoms with Gasteiger partial charge in [-0.25, -0.2) is 0 Å². The van der Waals surface area contributed by atoms with E-state index < -0.39 is 0 Å². The maximum absolute atomic E-state index is 2.47. The van der Waals surface area contributed by atoms with E-state index in [0.717, 1.165) is 34.1 Å². The van der Waals surface area contributed by atoms with Crippen molar-refractivity contribution in [2.24, 2.45) is 0 Å². The lowest BCUT2D eigenvalue weighted by Crippen LogP contribution is -2.18. The molecule has 73 heavy (non-hydrogen) atoms. The summed E-state index contributed by atoms with van der Waals surface area (Å²) < 4.78 is 2.39. The van der Waals surface area contributed by atoms with Gasteiger partial charge in [0.1, 0.15) is 0 Å². The van der Waals surface area contributed by atoms with Crippen molar-refractivity contribution in [2.45, 2.75) is 38.5 Å². The molecule has 1 heterocycles. The van der Waals surface area contributed by atoms with Gasteiger partial charge < -0.3 is 14.4 Å². The minimum Gasteiger partial charge on any atom is -0.310 e. The van der Waals surface area contributed by atoms with Gasteiger partial charge in [-0.3, -0.25) is 0 Å². The highest BCUT2D eigenvalue weighted by molar-refractivity contribution is 6.10. The molecule has 0 fully saturated rings. The summed E-state index contributed by atoms with van der Waals surface area (Å²) in [5, 5.41) is 4.95. The number of hydrogen-bond acceptors (Lipinski definition) is 2. The standard InChI is InChI=1S/C70H53N3/c1-69(2)62-27-15-13-25-56(62)58-39-36-53(44-64(58)69)71(51-32-34-52(35-33-51)72(49-20-7-5-8-21-49)66-29-17-19-46-18-11-12-24-55(46)66)54-37-40-59-57-38-30-48(43-63(57)70(3,4)65(59)45-54)47-31-41-68-61(42-47)60-26-14-16-28-67(60)73(68)50-22-9-6-10-23-50/h5-45H,1-4H3. The number of fused-ring (bicyclic) bond motifs is 10. The Bertz CT molecular complexity index is 4140. The molecule has 14 rings (SSSR count). The molecule has 11 aromatic carbocycles. The monoisotopic (exact) mass is 935 g/mol. The topological polar surface area (TPSA) is 11.4 Å². The van der Waals surface area contributed by atoms with Crippen LogP contribution in [0.5, 0.6) is 0 Å². The largest absolute Gasteiger partial charge is 0.310 e. The van der Waals surface area contributed by atoms with E-state index in [1.807, 2.05) is 0 Å². The first-order valence-electron chi connectivity index (χ1n) is 25.6. The Morgan fingerprint density at radius 2 is 0.781 bits per heavy atom. The second-order valence-corrected chi connectivity index (χ2v) is 21.0. The molecular formula is C70H53N3. The van der Waals surface area contributed by atoms with Crippen molar-refractivity contribution in [1.82, 2.24) is 4.57 Å². The van der Waals surface area contributed by atoms with Crippen molar-refractivity contribution < 1.29 is 0 Å². The van der Waals surface area contributed by atoms with Crippen molar-refractivity contribution in [3.05, 3.63) is 271 Å². The Morgan fingerprint density at radius 3 is 1.51 bits per heavy atom. The quantitative estimate of drug-likeness (QED) is 0.150. The second kappa shape index (κ2) is 16.3. The van der Waals surface area contributed by atoms with E-state index in [1.165, 1.54) is 93.9 Å². The van der Waals surface area contributed by atoms with Crippen molar-refractivity contribution in [3.8, 4) is 39.1 Å². The molecule has 0 aliphatic heterocycles. The molecule has 0 saturated carbocycles. The van der Waals surface area contributed by atoms with E-state index in [1.54, 1.807) is 0 Å². The Kier molecular flexibility index (Phi) is 9.59. The van der Waals surface area contributed by atoms with Gasteiger partial charge in [0.05, 0.1) is 16.7 Å². The van der Waals surface area contributed by atoms with Gasteiger partial charge in [0, 0.05) is 61.1 Å². The minimum absolute atomic E-state index is 0.144. The molecule has 0 unspecified atom stereocenters. The molecule has 0 radical (unpaired) electrons. The number of rotatable bonds is 8. The van der Waals surface area contributed by atoms with E-state index in [0.29, 0.717) is 0 Å². The van der Waals surface area contributed by atoms with E-state index in [4.69, 9.17) is 0 Å². The summed E-state index contributed by atoms with van der Waals surface area (Å²) >= 11 is 0. The molecule has 3 heteroatoms. The first-order chi connectivity index (χ1) is 35.7. The summed E-state index contributed by atoms with van der Waals surface area (Å²) in [4.78, 5) is 4.86. The van der Waals surface area contributed by atoms with Crippen LogP contribution in [0, 0.1) is 0 Å². The molecule has 12 aromatic rings. The molecule has 2 aliphatic carbocycles. The minimum atomic E-state index is -0.254. The highest BCUT2D eigenvalue weighted by Crippen LogP contribution is 2.54. The molecule has 348 valence electrons. The van der Waals surface area contributed by atoms with Gasteiger partial charge in [0.2, 0.25) is 0 Å². The van der Waals surface area contributed by atoms with Crippen LogP contribution in [0.25, 0.3) is 71.6 Å². The maximum Gasteiger partial charge on any atom is 0.0541 e. The lowest BCUT2D eigenvalue weighted by Gasteiger charge is -2.31. The van der Waals surface area contributed by atoms with Crippen LogP contribution in [0.1, 0.15) is 49.9 Å². The number of aromatic nitrogens is 1. The zero-order chi connectivity index (χ0) is 49.0. The molecule has 2 aliphatic rings. The highest BCUT2D eigenvalue weighted by atomic mass is 15.2. The first-order valence-corrected chi connectivity index (χ1v) is 25.6. The summed E-state index contributed by atoms with van der Waals surface area (Å²) in [6.07, 6.45) is 0. The molecule has 0 amide bonds. The summed E-state index contributed by atoms with van der Waals surface area (Å²) in [5.74, 6) is 0. The fourth-order valence-corrected chi connectivity index (χ4v) is 12.5. The smallest absolute Gasteiger partial charge is 0.0541 e.